The molecule has 0 spiro atoms. The molecule has 1 aliphatic carbocycles. The van der Waals surface area contributed by atoms with E-state index in [-0.39, 0.29) is 5.54 Å². The van der Waals surface area contributed by atoms with Crippen LogP contribution in [0.5, 0.6) is 0 Å². The first kappa shape index (κ1) is 14.1. The molecule has 1 N–H and O–H groups in total. The summed E-state index contributed by atoms with van der Waals surface area (Å²) in [4.78, 5) is 2.95. The average Bonchev–Trinajstić information content (AvgIpc) is 3.23. The lowest BCUT2D eigenvalue weighted by molar-refractivity contribution is 0.252. The second-order valence-electron chi connectivity index (χ2n) is 5.89. The van der Waals surface area contributed by atoms with Gasteiger partial charge < -0.3 is 10.2 Å². The minimum Gasteiger partial charge on any atom is -0.368 e. The molecule has 2 fully saturated rings. The molecule has 110 valence electrons. The molecule has 3 rings (SSSR count). The minimum atomic E-state index is -2.37. The average molecular weight is 298 g/mol. The number of hydrogen-bond donors (Lipinski definition) is 1. The molecular weight excluding hydrogens is 278 g/mol. The number of halogens is 2. The molecule has 1 atom stereocenters. The molecule has 1 aromatic rings. The molecule has 0 amide bonds. The first-order valence-corrected chi connectivity index (χ1v) is 8.00. The molecule has 1 aliphatic heterocycles. The van der Waals surface area contributed by atoms with Gasteiger partial charge in [0.25, 0.3) is 5.76 Å². The molecule has 2 aliphatic rings. The largest absolute Gasteiger partial charge is 0.368 e. The summed E-state index contributed by atoms with van der Waals surface area (Å²) in [7, 11) is 0. The number of piperazine rings is 1. The summed E-state index contributed by atoms with van der Waals surface area (Å²) in [6.45, 7) is 4.96. The molecule has 1 aromatic carbocycles. The molecule has 0 radical (unpaired) electrons. The number of alkyl halides is 2. The van der Waals surface area contributed by atoms with Crippen LogP contribution in [0.1, 0.15) is 19.8 Å². The Bertz CT molecular complexity index is 479. The Morgan fingerprint density at radius 3 is 2.80 bits per heavy atom. The van der Waals surface area contributed by atoms with Gasteiger partial charge in [-0.15, -0.1) is 0 Å². The third-order valence-electron chi connectivity index (χ3n) is 4.33. The van der Waals surface area contributed by atoms with Crippen LogP contribution in [0.2, 0.25) is 0 Å². The minimum absolute atomic E-state index is 0.126. The van der Waals surface area contributed by atoms with Crippen molar-refractivity contribution in [3.8, 4) is 0 Å². The normalized spacial score (nSPS) is 27.1. The van der Waals surface area contributed by atoms with Gasteiger partial charge >= 0.3 is 0 Å². The van der Waals surface area contributed by atoms with Gasteiger partial charge in [0.1, 0.15) is 0 Å². The Morgan fingerprint density at radius 2 is 2.10 bits per heavy atom. The molecular formula is C15H20F2N2S. The predicted molar refractivity (Wildman–Crippen MR) is 79.6 cm³/mol. The van der Waals surface area contributed by atoms with Crippen LogP contribution in [0, 0.1) is 5.92 Å². The Labute approximate surface area is 122 Å². The summed E-state index contributed by atoms with van der Waals surface area (Å²) < 4.78 is 25.4. The summed E-state index contributed by atoms with van der Waals surface area (Å²) in [6.07, 6.45) is 2.57. The van der Waals surface area contributed by atoms with E-state index >= 15 is 0 Å². The van der Waals surface area contributed by atoms with Crippen molar-refractivity contribution in [3.05, 3.63) is 24.3 Å². The highest BCUT2D eigenvalue weighted by molar-refractivity contribution is 7.99. The van der Waals surface area contributed by atoms with E-state index in [2.05, 4.69) is 17.1 Å². The fourth-order valence-corrected chi connectivity index (χ4v) is 3.79. The zero-order valence-electron chi connectivity index (χ0n) is 11.6. The highest BCUT2D eigenvalue weighted by atomic mass is 32.2. The van der Waals surface area contributed by atoms with E-state index in [4.69, 9.17) is 0 Å². The molecule has 1 saturated carbocycles. The lowest BCUT2D eigenvalue weighted by Crippen LogP contribution is -2.60. The Morgan fingerprint density at radius 1 is 1.35 bits per heavy atom. The van der Waals surface area contributed by atoms with Crippen LogP contribution in [0.15, 0.2) is 29.2 Å². The van der Waals surface area contributed by atoms with Crippen molar-refractivity contribution >= 4 is 17.4 Å². The Hall–Kier alpha value is -0.810. The first-order valence-electron chi connectivity index (χ1n) is 7.12. The van der Waals surface area contributed by atoms with Crippen molar-refractivity contribution in [2.45, 2.75) is 36.0 Å². The lowest BCUT2D eigenvalue weighted by Gasteiger charge is -2.43. The number of nitrogens with zero attached hydrogens (tertiary/aromatic N) is 1. The monoisotopic (exact) mass is 298 g/mol. The van der Waals surface area contributed by atoms with Crippen molar-refractivity contribution in [1.29, 1.82) is 0 Å². The van der Waals surface area contributed by atoms with E-state index in [1.807, 2.05) is 18.2 Å². The Balaban J connectivity index is 1.81. The van der Waals surface area contributed by atoms with Gasteiger partial charge in [-0.3, -0.25) is 0 Å². The number of rotatable bonds is 4. The van der Waals surface area contributed by atoms with Gasteiger partial charge in [0.2, 0.25) is 0 Å². The summed E-state index contributed by atoms with van der Waals surface area (Å²) in [5.74, 6) is -1.63. The zero-order chi connectivity index (χ0) is 14.2. The number of thioether (sulfide) groups is 1. The first-order chi connectivity index (χ1) is 9.58. The molecule has 1 unspecified atom stereocenters. The van der Waals surface area contributed by atoms with Crippen LogP contribution in [-0.4, -0.2) is 30.9 Å². The molecule has 0 aromatic heterocycles. The Kier molecular flexibility index (Phi) is 3.91. The standard InChI is InChI=1S/C15H20F2N2S/c1-15(11-6-7-11)10-19(9-8-18-15)12-4-2-3-5-13(12)20-14(16)17/h2-5,11,14,18H,6-10H2,1H3. The van der Waals surface area contributed by atoms with Crippen LogP contribution < -0.4 is 10.2 Å². The highest BCUT2D eigenvalue weighted by Crippen LogP contribution is 2.42. The van der Waals surface area contributed by atoms with Gasteiger partial charge in [-0.1, -0.05) is 23.9 Å². The van der Waals surface area contributed by atoms with Gasteiger partial charge in [-0.2, -0.15) is 8.78 Å². The van der Waals surface area contributed by atoms with E-state index < -0.39 is 5.76 Å². The van der Waals surface area contributed by atoms with E-state index in [0.29, 0.717) is 16.7 Å². The SMILES string of the molecule is CC1(C2CC2)CN(c2ccccc2SC(F)F)CCN1. The van der Waals surface area contributed by atoms with Gasteiger partial charge in [-0.05, 0) is 37.8 Å². The second-order valence-corrected chi connectivity index (χ2v) is 6.92. The smallest absolute Gasteiger partial charge is 0.288 e. The number of benzene rings is 1. The van der Waals surface area contributed by atoms with Crippen LogP contribution in [0.3, 0.4) is 0 Å². The summed E-state index contributed by atoms with van der Waals surface area (Å²) in [6, 6.07) is 7.52. The van der Waals surface area contributed by atoms with Crippen LogP contribution in [-0.2, 0) is 0 Å². The van der Waals surface area contributed by atoms with Crippen molar-refractivity contribution in [2.24, 2.45) is 5.92 Å². The number of anilines is 1. The maximum Gasteiger partial charge on any atom is 0.288 e. The third-order valence-corrected chi connectivity index (χ3v) is 5.11. The maximum atomic E-state index is 12.7. The fraction of sp³-hybridized carbons (Fsp3) is 0.600. The zero-order valence-corrected chi connectivity index (χ0v) is 12.4. The van der Waals surface area contributed by atoms with Gasteiger partial charge in [0.05, 0.1) is 5.69 Å². The second kappa shape index (κ2) is 5.53. The van der Waals surface area contributed by atoms with E-state index in [1.54, 1.807) is 6.07 Å². The van der Waals surface area contributed by atoms with Crippen LogP contribution in [0.25, 0.3) is 0 Å². The number of para-hydroxylation sites is 1. The topological polar surface area (TPSA) is 15.3 Å². The lowest BCUT2D eigenvalue weighted by atomic mass is 9.92. The van der Waals surface area contributed by atoms with E-state index in [9.17, 15) is 8.78 Å². The molecule has 2 nitrogen and oxygen atoms in total. The van der Waals surface area contributed by atoms with Crippen LogP contribution >= 0.6 is 11.8 Å². The van der Waals surface area contributed by atoms with Crippen molar-refractivity contribution in [2.75, 3.05) is 24.5 Å². The fourth-order valence-electron chi connectivity index (χ4n) is 3.12. The van der Waals surface area contributed by atoms with Crippen LogP contribution in [0.4, 0.5) is 14.5 Å². The van der Waals surface area contributed by atoms with Crippen molar-refractivity contribution in [3.63, 3.8) is 0 Å². The van der Waals surface area contributed by atoms with Crippen molar-refractivity contribution < 1.29 is 8.78 Å². The van der Waals surface area contributed by atoms with Gasteiger partial charge in [-0.25, -0.2) is 0 Å². The molecule has 0 bridgehead atoms. The van der Waals surface area contributed by atoms with E-state index in [0.717, 1.165) is 31.2 Å². The van der Waals surface area contributed by atoms with Gasteiger partial charge in [0, 0.05) is 30.1 Å². The number of hydrogen-bond acceptors (Lipinski definition) is 3. The molecule has 1 heterocycles. The third kappa shape index (κ3) is 2.93. The quantitative estimate of drug-likeness (QED) is 0.855. The van der Waals surface area contributed by atoms with E-state index in [1.165, 1.54) is 12.8 Å². The summed E-state index contributed by atoms with van der Waals surface area (Å²) >= 11 is 0.647. The summed E-state index contributed by atoms with van der Waals surface area (Å²) in [5, 5.41) is 3.62. The molecule has 5 heteroatoms. The van der Waals surface area contributed by atoms with Gasteiger partial charge in [0.15, 0.2) is 0 Å². The predicted octanol–water partition coefficient (Wildman–Crippen LogP) is 3.58. The summed E-state index contributed by atoms with van der Waals surface area (Å²) in [5.41, 5.74) is 1.08. The highest BCUT2D eigenvalue weighted by Gasteiger charge is 2.44. The van der Waals surface area contributed by atoms with Crippen molar-refractivity contribution in [1.82, 2.24) is 5.32 Å². The molecule has 1 saturated heterocycles. The molecule has 20 heavy (non-hydrogen) atoms. The number of nitrogens with one attached hydrogen (secondary N) is 1. The maximum absolute atomic E-state index is 12.7.